The maximum Gasteiger partial charge on any atom is 0.321 e. The van der Waals surface area contributed by atoms with Gasteiger partial charge in [0, 0.05) is 10.7 Å². The summed E-state index contributed by atoms with van der Waals surface area (Å²) in [6, 6.07) is 9.00. The van der Waals surface area contributed by atoms with E-state index in [1.54, 1.807) is 12.1 Å². The lowest BCUT2D eigenvalue weighted by Gasteiger charge is -2.08. The Bertz CT molecular complexity index is 906. The molecular weight excluding hydrogens is 450 g/mol. The van der Waals surface area contributed by atoms with Crippen LogP contribution in [-0.2, 0) is 24.3 Å². The first-order valence-corrected chi connectivity index (χ1v) is 9.74. The number of halogens is 2. The Kier molecular flexibility index (Phi) is 7.09. The average Bonchev–Trinajstić information content (AvgIpc) is 2.60. The molecule has 26 heavy (non-hydrogen) atoms. The zero-order valence-corrected chi connectivity index (χ0v) is 16.3. The number of hydrogen-bond donors (Lipinski definition) is 2. The van der Waals surface area contributed by atoms with Crippen molar-refractivity contribution < 1.29 is 22.7 Å². The molecule has 1 aromatic carbocycles. The molecular formula is C15H13BrClN3O5S. The predicted octanol–water partition coefficient (Wildman–Crippen LogP) is 1.96. The number of sulfonamides is 1. The molecule has 0 spiro atoms. The molecule has 0 atom stereocenters. The third-order valence-electron chi connectivity index (χ3n) is 2.87. The number of aromatic nitrogens is 1. The summed E-state index contributed by atoms with van der Waals surface area (Å²) in [6.45, 7) is -1.19. The SMILES string of the molecule is O=C(COC(=O)CNS(=O)(=O)c1cccc(Br)c1)Nc1ccc(Cl)cn1. The van der Waals surface area contributed by atoms with E-state index in [9.17, 15) is 18.0 Å². The highest BCUT2D eigenvalue weighted by atomic mass is 79.9. The highest BCUT2D eigenvalue weighted by Crippen LogP contribution is 2.15. The van der Waals surface area contributed by atoms with E-state index >= 15 is 0 Å². The third kappa shape index (κ3) is 6.37. The Labute approximate surface area is 163 Å². The molecule has 0 aliphatic heterocycles. The number of pyridine rings is 1. The van der Waals surface area contributed by atoms with Crippen LogP contribution >= 0.6 is 27.5 Å². The van der Waals surface area contributed by atoms with E-state index in [-0.39, 0.29) is 10.7 Å². The first-order chi connectivity index (χ1) is 12.3. The Balaban J connectivity index is 1.79. The molecule has 0 fully saturated rings. The molecule has 2 N–H and O–H groups in total. The number of nitrogens with zero attached hydrogens (tertiary/aromatic N) is 1. The predicted molar refractivity (Wildman–Crippen MR) is 98.2 cm³/mol. The second-order valence-electron chi connectivity index (χ2n) is 4.85. The van der Waals surface area contributed by atoms with Gasteiger partial charge in [-0.25, -0.2) is 13.4 Å². The van der Waals surface area contributed by atoms with Gasteiger partial charge in [-0.2, -0.15) is 4.72 Å². The first kappa shape index (κ1) is 20.3. The third-order valence-corrected chi connectivity index (χ3v) is 4.99. The largest absolute Gasteiger partial charge is 0.455 e. The van der Waals surface area contributed by atoms with Crippen molar-refractivity contribution in [3.8, 4) is 0 Å². The summed E-state index contributed by atoms with van der Waals surface area (Å²) in [5.41, 5.74) is 0. The van der Waals surface area contributed by atoms with Crippen molar-refractivity contribution in [2.24, 2.45) is 0 Å². The highest BCUT2D eigenvalue weighted by molar-refractivity contribution is 9.10. The topological polar surface area (TPSA) is 114 Å². The average molecular weight is 463 g/mol. The highest BCUT2D eigenvalue weighted by Gasteiger charge is 2.17. The van der Waals surface area contributed by atoms with Crippen molar-refractivity contribution in [1.29, 1.82) is 0 Å². The van der Waals surface area contributed by atoms with Crippen molar-refractivity contribution >= 4 is 55.2 Å². The summed E-state index contributed by atoms with van der Waals surface area (Å²) in [4.78, 5) is 27.1. The van der Waals surface area contributed by atoms with E-state index in [1.807, 2.05) is 0 Å². The number of carbonyl (C=O) groups is 2. The summed E-state index contributed by atoms with van der Waals surface area (Å²) in [5, 5.41) is 2.81. The second kappa shape index (κ2) is 9.08. The lowest BCUT2D eigenvalue weighted by Crippen LogP contribution is -2.32. The minimum atomic E-state index is -3.87. The first-order valence-electron chi connectivity index (χ1n) is 7.08. The van der Waals surface area contributed by atoms with Gasteiger partial charge in [-0.3, -0.25) is 9.59 Å². The van der Waals surface area contributed by atoms with Crippen molar-refractivity contribution in [2.75, 3.05) is 18.5 Å². The quantitative estimate of drug-likeness (QED) is 0.608. The van der Waals surface area contributed by atoms with Gasteiger partial charge in [0.05, 0.1) is 9.92 Å². The molecule has 0 aliphatic carbocycles. The van der Waals surface area contributed by atoms with E-state index in [2.05, 4.69) is 31.0 Å². The number of rotatable bonds is 7. The normalized spacial score (nSPS) is 11.0. The van der Waals surface area contributed by atoms with Crippen molar-refractivity contribution in [3.05, 3.63) is 52.1 Å². The Morgan fingerprint density at radius 1 is 1.23 bits per heavy atom. The van der Waals surface area contributed by atoms with Crippen LogP contribution < -0.4 is 10.0 Å². The van der Waals surface area contributed by atoms with Crippen LogP contribution in [0.1, 0.15) is 0 Å². The molecule has 0 bridgehead atoms. The summed E-state index contributed by atoms with van der Waals surface area (Å²) < 4.78 is 31.5. The lowest BCUT2D eigenvalue weighted by atomic mass is 10.4. The van der Waals surface area contributed by atoms with Gasteiger partial charge < -0.3 is 10.1 Å². The van der Waals surface area contributed by atoms with Crippen molar-refractivity contribution in [3.63, 3.8) is 0 Å². The Morgan fingerprint density at radius 3 is 2.65 bits per heavy atom. The standard InChI is InChI=1S/C15H13BrClN3O5S/c16-10-2-1-3-12(6-10)26(23,24)19-8-15(22)25-9-14(21)20-13-5-4-11(17)7-18-13/h1-7,19H,8-9H2,(H,18,20,21). The minimum Gasteiger partial charge on any atom is -0.455 e. The van der Waals surface area contributed by atoms with Gasteiger partial charge >= 0.3 is 5.97 Å². The number of esters is 1. The maximum absolute atomic E-state index is 12.1. The van der Waals surface area contributed by atoms with E-state index < -0.39 is 35.1 Å². The van der Waals surface area contributed by atoms with Crippen LogP contribution in [0.3, 0.4) is 0 Å². The molecule has 1 heterocycles. The fraction of sp³-hybridized carbons (Fsp3) is 0.133. The summed E-state index contributed by atoms with van der Waals surface area (Å²) in [5.74, 6) is -1.28. The number of nitrogens with one attached hydrogen (secondary N) is 2. The van der Waals surface area contributed by atoms with E-state index in [0.717, 1.165) is 0 Å². The van der Waals surface area contributed by atoms with Gasteiger partial charge in [0.15, 0.2) is 6.61 Å². The van der Waals surface area contributed by atoms with Gasteiger partial charge in [-0.1, -0.05) is 33.6 Å². The summed E-state index contributed by atoms with van der Waals surface area (Å²) in [7, 11) is -3.87. The molecule has 0 radical (unpaired) electrons. The number of anilines is 1. The molecule has 1 aromatic heterocycles. The van der Waals surface area contributed by atoms with Gasteiger partial charge in [0.1, 0.15) is 12.4 Å². The number of benzene rings is 1. The van der Waals surface area contributed by atoms with Gasteiger partial charge in [-0.05, 0) is 30.3 Å². The fourth-order valence-electron chi connectivity index (χ4n) is 1.70. The number of carbonyl (C=O) groups excluding carboxylic acids is 2. The van der Waals surface area contributed by atoms with Crippen molar-refractivity contribution in [2.45, 2.75) is 4.90 Å². The lowest BCUT2D eigenvalue weighted by molar-refractivity contribution is -0.146. The zero-order valence-electron chi connectivity index (χ0n) is 13.1. The Hall–Kier alpha value is -2.01. The van der Waals surface area contributed by atoms with Crippen LogP contribution in [0.25, 0.3) is 0 Å². The summed E-state index contributed by atoms with van der Waals surface area (Å²) >= 11 is 8.84. The molecule has 138 valence electrons. The van der Waals surface area contributed by atoms with Crippen LogP contribution in [0.4, 0.5) is 5.82 Å². The van der Waals surface area contributed by atoms with Crippen LogP contribution in [0.2, 0.25) is 5.02 Å². The van der Waals surface area contributed by atoms with E-state index in [1.165, 1.54) is 30.5 Å². The minimum absolute atomic E-state index is 0.00812. The van der Waals surface area contributed by atoms with Gasteiger partial charge in [0.25, 0.3) is 5.91 Å². The van der Waals surface area contributed by atoms with E-state index in [4.69, 9.17) is 16.3 Å². The molecule has 0 unspecified atom stereocenters. The van der Waals surface area contributed by atoms with Crippen LogP contribution in [0.15, 0.2) is 52.0 Å². The number of ether oxygens (including phenoxy) is 1. The maximum atomic E-state index is 12.1. The molecule has 1 amide bonds. The summed E-state index contributed by atoms with van der Waals surface area (Å²) in [6.07, 6.45) is 1.35. The zero-order chi connectivity index (χ0) is 19.2. The molecule has 8 nitrogen and oxygen atoms in total. The molecule has 2 aromatic rings. The van der Waals surface area contributed by atoms with Crippen LogP contribution in [0.5, 0.6) is 0 Å². The molecule has 0 saturated heterocycles. The number of amides is 1. The van der Waals surface area contributed by atoms with Crippen LogP contribution in [-0.4, -0.2) is 38.4 Å². The fourth-order valence-corrected chi connectivity index (χ4v) is 3.37. The smallest absolute Gasteiger partial charge is 0.321 e. The molecule has 0 saturated carbocycles. The second-order valence-corrected chi connectivity index (χ2v) is 7.97. The monoisotopic (exact) mass is 461 g/mol. The Morgan fingerprint density at radius 2 is 2.00 bits per heavy atom. The molecule has 11 heteroatoms. The van der Waals surface area contributed by atoms with Crippen molar-refractivity contribution in [1.82, 2.24) is 9.71 Å². The van der Waals surface area contributed by atoms with E-state index in [0.29, 0.717) is 9.50 Å². The van der Waals surface area contributed by atoms with Gasteiger partial charge in [0.2, 0.25) is 10.0 Å². The van der Waals surface area contributed by atoms with Gasteiger partial charge in [-0.15, -0.1) is 0 Å². The molecule has 2 rings (SSSR count). The number of hydrogen-bond acceptors (Lipinski definition) is 6. The van der Waals surface area contributed by atoms with Crippen LogP contribution in [0, 0.1) is 0 Å². The molecule has 0 aliphatic rings.